The van der Waals surface area contributed by atoms with Gasteiger partial charge in [-0.3, -0.25) is 43.7 Å². The number of carboxylic acid groups (broad SMARTS) is 1. The molecule has 3 aromatic rings. The Morgan fingerprint density at radius 3 is 1.88 bits per heavy atom. The molecule has 13 N–H and O–H groups in total. The van der Waals surface area contributed by atoms with Gasteiger partial charge in [0.15, 0.2) is 5.75 Å². The third-order valence-electron chi connectivity index (χ3n) is 8.34. The fraction of sp³-hybridized carbons (Fsp3) is 0.306. The van der Waals surface area contributed by atoms with Gasteiger partial charge in [-0.05, 0) is 36.2 Å². The Balaban J connectivity index is 1.79. The molecule has 0 saturated heterocycles. The number of amides is 6. The van der Waals surface area contributed by atoms with Gasteiger partial charge in [0.25, 0.3) is 5.91 Å². The van der Waals surface area contributed by atoms with Crippen molar-refractivity contribution >= 4 is 52.8 Å². The highest BCUT2D eigenvalue weighted by molar-refractivity contribution is 6.03. The Morgan fingerprint density at radius 1 is 0.737 bits per heavy atom. The molecule has 21 heteroatoms. The molecule has 3 aromatic carbocycles. The quantitative estimate of drug-likeness (QED) is 0.0327. The van der Waals surface area contributed by atoms with Crippen LogP contribution < -0.4 is 38.1 Å². The monoisotopic (exact) mass is 794 g/mol. The molecule has 0 bridgehead atoms. The lowest BCUT2D eigenvalue weighted by molar-refractivity contribution is -0.385. The number of nitro groups is 1. The van der Waals surface area contributed by atoms with Crippen LogP contribution in [0.15, 0.2) is 72.8 Å². The van der Waals surface area contributed by atoms with E-state index in [1.807, 2.05) is 0 Å². The standard InChI is InChI=1S/C36H42N8O13/c1-18(46)30(43-34(53)25(16-29(48)49)40-32(51)21-9-5-6-10-22(21)37)36(55)42-26(17-45)35(54)41-24(13-19-7-3-2-4-8-19)33(52)39-23(31(38)50)14-20-11-12-28(47)27(15-20)44(56)57/h2-12,15,18,23-26,30,45-47H,13-14,16-17,37H2,1H3,(H2,38,50)(H,39,52)(H,40,51)(H,41,54)(H,42,55)(H,43,53)(H,48,49)/t18-,23+,24+,25+,26+,30+/m1/s1. The second-order valence-electron chi connectivity index (χ2n) is 12.7. The maximum absolute atomic E-state index is 13.6. The van der Waals surface area contributed by atoms with Gasteiger partial charge in [0, 0.05) is 24.6 Å². The Bertz CT molecular complexity index is 1980. The van der Waals surface area contributed by atoms with Gasteiger partial charge in [-0.15, -0.1) is 0 Å². The number of primary amides is 1. The molecular formula is C36H42N8O13. The number of nitrogens with one attached hydrogen (secondary N) is 5. The average molecular weight is 795 g/mol. The lowest BCUT2D eigenvalue weighted by Crippen LogP contribution is -2.62. The van der Waals surface area contributed by atoms with Crippen LogP contribution in [-0.4, -0.2) is 110 Å². The molecule has 3 rings (SSSR count). The first kappa shape index (κ1) is 44.3. The smallest absolute Gasteiger partial charge is 0.310 e. The van der Waals surface area contributed by atoms with Crippen LogP contribution >= 0.6 is 0 Å². The molecule has 0 aliphatic rings. The van der Waals surface area contributed by atoms with Crippen LogP contribution in [-0.2, 0) is 41.6 Å². The number of rotatable bonds is 20. The summed E-state index contributed by atoms with van der Waals surface area (Å²) in [6.07, 6.45) is -3.18. The zero-order valence-electron chi connectivity index (χ0n) is 30.3. The number of aliphatic hydroxyl groups is 2. The molecule has 0 radical (unpaired) electrons. The van der Waals surface area contributed by atoms with Gasteiger partial charge in [0.05, 0.1) is 29.6 Å². The highest BCUT2D eigenvalue weighted by atomic mass is 16.6. The first-order valence-electron chi connectivity index (χ1n) is 17.1. The molecule has 0 spiro atoms. The van der Waals surface area contributed by atoms with E-state index in [-0.39, 0.29) is 29.7 Å². The van der Waals surface area contributed by atoms with Gasteiger partial charge in [-0.25, -0.2) is 0 Å². The van der Waals surface area contributed by atoms with Crippen molar-refractivity contribution in [1.29, 1.82) is 0 Å². The second kappa shape index (κ2) is 20.5. The molecule has 0 aliphatic heterocycles. The fourth-order valence-electron chi connectivity index (χ4n) is 5.34. The number of nitrogens with zero attached hydrogens (tertiary/aromatic N) is 1. The van der Waals surface area contributed by atoms with E-state index >= 15 is 0 Å². The van der Waals surface area contributed by atoms with Crippen LogP contribution in [0.5, 0.6) is 5.75 Å². The van der Waals surface area contributed by atoms with Crippen molar-refractivity contribution in [2.75, 3.05) is 12.3 Å². The van der Waals surface area contributed by atoms with Crippen molar-refractivity contribution in [3.63, 3.8) is 0 Å². The fourth-order valence-corrected chi connectivity index (χ4v) is 5.34. The summed E-state index contributed by atoms with van der Waals surface area (Å²) >= 11 is 0. The van der Waals surface area contributed by atoms with Crippen molar-refractivity contribution in [1.82, 2.24) is 26.6 Å². The SMILES string of the molecule is C[C@@H](O)[C@H](NC(=O)[C@H](CC(=O)O)NC(=O)c1ccccc1N)C(=O)N[C@@H](CO)C(=O)N[C@@H](Cc1ccccc1)C(=O)N[C@@H](Cc1ccc(O)c([N+](=O)[O-])c1)C(N)=O. The number of benzene rings is 3. The number of nitrogens with two attached hydrogens (primary N) is 2. The Hall–Kier alpha value is -7.13. The Kier molecular flexibility index (Phi) is 15.9. The lowest BCUT2D eigenvalue weighted by Gasteiger charge is -2.27. The number of aliphatic hydroxyl groups excluding tert-OH is 2. The molecule has 6 atom stereocenters. The van der Waals surface area contributed by atoms with Crippen LogP contribution in [0.3, 0.4) is 0 Å². The van der Waals surface area contributed by atoms with E-state index in [9.17, 15) is 64.1 Å². The number of hydrogen-bond acceptors (Lipinski definition) is 13. The molecule has 57 heavy (non-hydrogen) atoms. The third kappa shape index (κ3) is 13.0. The minimum Gasteiger partial charge on any atom is -0.502 e. The van der Waals surface area contributed by atoms with Crippen molar-refractivity contribution in [3.05, 3.63) is 99.6 Å². The highest BCUT2D eigenvalue weighted by Gasteiger charge is 2.35. The molecule has 21 nitrogen and oxygen atoms in total. The minimum absolute atomic E-state index is 0.0255. The summed E-state index contributed by atoms with van der Waals surface area (Å²) in [6, 6.07) is 8.79. The molecule has 0 saturated carbocycles. The first-order valence-corrected chi connectivity index (χ1v) is 17.1. The summed E-state index contributed by atoms with van der Waals surface area (Å²) in [7, 11) is 0. The van der Waals surface area contributed by atoms with Crippen molar-refractivity contribution < 1.29 is 58.9 Å². The van der Waals surface area contributed by atoms with E-state index in [0.29, 0.717) is 5.56 Å². The number of anilines is 1. The van der Waals surface area contributed by atoms with Gasteiger partial charge in [-0.2, -0.15) is 0 Å². The lowest BCUT2D eigenvalue weighted by atomic mass is 10.0. The highest BCUT2D eigenvalue weighted by Crippen LogP contribution is 2.26. The summed E-state index contributed by atoms with van der Waals surface area (Å²) in [6.45, 7) is 0.0111. The van der Waals surface area contributed by atoms with Crippen LogP contribution in [0.25, 0.3) is 0 Å². The normalized spacial score (nSPS) is 13.9. The maximum Gasteiger partial charge on any atom is 0.310 e. The zero-order chi connectivity index (χ0) is 42.4. The molecular weight excluding hydrogens is 752 g/mol. The largest absolute Gasteiger partial charge is 0.502 e. The Labute approximate surface area is 324 Å². The van der Waals surface area contributed by atoms with Crippen LogP contribution in [0.4, 0.5) is 11.4 Å². The van der Waals surface area contributed by atoms with E-state index in [1.54, 1.807) is 30.3 Å². The van der Waals surface area contributed by atoms with Gasteiger partial charge in [0.1, 0.15) is 30.2 Å². The van der Waals surface area contributed by atoms with Gasteiger partial charge >= 0.3 is 11.7 Å². The van der Waals surface area contributed by atoms with Crippen molar-refractivity contribution in [2.45, 2.75) is 62.5 Å². The van der Waals surface area contributed by atoms with Crippen LogP contribution in [0.1, 0.15) is 34.8 Å². The number of aromatic hydroxyl groups is 1. The van der Waals surface area contributed by atoms with Crippen molar-refractivity contribution in [2.24, 2.45) is 5.73 Å². The van der Waals surface area contributed by atoms with Crippen LogP contribution in [0, 0.1) is 10.1 Å². The number of nitro benzene ring substituents is 1. The molecule has 304 valence electrons. The first-order chi connectivity index (χ1) is 26.9. The summed E-state index contributed by atoms with van der Waals surface area (Å²) in [5.41, 5.74) is 11.3. The van der Waals surface area contributed by atoms with E-state index in [2.05, 4.69) is 26.6 Å². The molecule has 0 aliphatic carbocycles. The summed E-state index contributed by atoms with van der Waals surface area (Å²) in [5, 5.41) is 62.2. The van der Waals surface area contributed by atoms with E-state index < -0.39 is 107 Å². The van der Waals surface area contributed by atoms with E-state index in [1.165, 1.54) is 30.3 Å². The van der Waals surface area contributed by atoms with Gasteiger partial charge in [-0.1, -0.05) is 48.5 Å². The third-order valence-corrected chi connectivity index (χ3v) is 8.34. The maximum atomic E-state index is 13.6. The number of hydrogen-bond donors (Lipinski definition) is 11. The van der Waals surface area contributed by atoms with E-state index in [0.717, 1.165) is 19.1 Å². The van der Waals surface area contributed by atoms with Gasteiger partial charge in [0.2, 0.25) is 29.5 Å². The van der Waals surface area contributed by atoms with Crippen LogP contribution in [0.2, 0.25) is 0 Å². The zero-order valence-corrected chi connectivity index (χ0v) is 30.3. The minimum atomic E-state index is -1.87. The number of para-hydroxylation sites is 1. The number of carbonyl (C=O) groups excluding carboxylic acids is 6. The molecule has 0 aromatic heterocycles. The number of carboxylic acids is 1. The van der Waals surface area contributed by atoms with E-state index in [4.69, 9.17) is 11.5 Å². The number of phenols is 1. The predicted molar refractivity (Wildman–Crippen MR) is 199 cm³/mol. The molecule has 0 heterocycles. The van der Waals surface area contributed by atoms with Crippen molar-refractivity contribution in [3.8, 4) is 5.75 Å². The summed E-state index contributed by atoms with van der Waals surface area (Å²) in [4.78, 5) is 101. The number of phenolic OH excluding ortho intramolecular Hbond substituents is 1. The van der Waals surface area contributed by atoms with Gasteiger partial charge < -0.3 is 58.5 Å². The predicted octanol–water partition coefficient (Wildman–Crippen LogP) is -2.26. The Morgan fingerprint density at radius 2 is 1.30 bits per heavy atom. The number of aliphatic carboxylic acids is 1. The molecule has 6 amide bonds. The second-order valence-corrected chi connectivity index (χ2v) is 12.7. The molecule has 0 fully saturated rings. The average Bonchev–Trinajstić information content (AvgIpc) is 3.15. The topological polar surface area (TPSA) is 356 Å². The number of carbonyl (C=O) groups is 7. The summed E-state index contributed by atoms with van der Waals surface area (Å²) < 4.78 is 0. The number of nitrogen functional groups attached to an aromatic ring is 1. The molecule has 0 unspecified atom stereocenters. The summed E-state index contributed by atoms with van der Waals surface area (Å²) in [5.74, 6) is -8.66.